The molecule has 1 fully saturated rings. The summed E-state index contributed by atoms with van der Waals surface area (Å²) in [6, 6.07) is 13.2. The molecule has 1 aromatic carbocycles. The van der Waals surface area contributed by atoms with Crippen LogP contribution in [0.1, 0.15) is 22.6 Å². The Hall–Kier alpha value is -3.00. The summed E-state index contributed by atoms with van der Waals surface area (Å²) in [5, 5.41) is 23.9. The van der Waals surface area contributed by atoms with E-state index in [1.807, 2.05) is 22.9 Å². The first-order valence-electron chi connectivity index (χ1n) is 11.8. The second-order valence-corrected chi connectivity index (χ2v) is 11.1. The fraction of sp³-hybridized carbons (Fsp3) is 0.385. The Morgan fingerprint density at radius 1 is 1.08 bits per heavy atom. The van der Waals surface area contributed by atoms with E-state index in [2.05, 4.69) is 7.05 Å². The SMILES string of the molecule is C[N+]1(CCCOc2ccc(F)cc2)CCC(OC(=O)C(O)(c2cccs2)c2cccs2)C1.O=C([O-])C(F)(F)F. The number of quaternary nitrogens is 1. The van der Waals surface area contributed by atoms with Gasteiger partial charge in [-0.2, -0.15) is 13.2 Å². The fourth-order valence-corrected chi connectivity index (χ4v) is 5.84. The summed E-state index contributed by atoms with van der Waals surface area (Å²) in [6.45, 7) is 3.02. The number of hydrogen-bond acceptors (Lipinski definition) is 8. The first-order chi connectivity index (χ1) is 18.3. The molecule has 1 N–H and O–H groups in total. The largest absolute Gasteiger partial charge is 0.542 e. The second-order valence-electron chi connectivity index (χ2n) is 9.17. The molecule has 0 bridgehead atoms. The van der Waals surface area contributed by atoms with E-state index in [0.29, 0.717) is 28.7 Å². The lowest BCUT2D eigenvalue weighted by Crippen LogP contribution is -2.45. The van der Waals surface area contributed by atoms with Gasteiger partial charge in [0.2, 0.25) is 5.60 Å². The lowest BCUT2D eigenvalue weighted by Gasteiger charge is -2.30. The Kier molecular flexibility index (Phi) is 10.1. The number of carboxylic acids is 1. The van der Waals surface area contributed by atoms with Gasteiger partial charge in [-0.1, -0.05) is 12.1 Å². The third kappa shape index (κ3) is 8.24. The lowest BCUT2D eigenvalue weighted by molar-refractivity contribution is -0.899. The predicted octanol–water partition coefficient (Wildman–Crippen LogP) is 3.71. The molecule has 3 heterocycles. The molecular formula is C26H27F4NO6S2. The monoisotopic (exact) mass is 589 g/mol. The molecule has 2 atom stereocenters. The van der Waals surface area contributed by atoms with E-state index < -0.39 is 23.7 Å². The van der Waals surface area contributed by atoms with Crippen LogP contribution in [0.15, 0.2) is 59.3 Å². The van der Waals surface area contributed by atoms with Crippen molar-refractivity contribution in [2.24, 2.45) is 0 Å². The van der Waals surface area contributed by atoms with E-state index in [-0.39, 0.29) is 11.9 Å². The molecule has 2 aromatic heterocycles. The number of hydrogen-bond donors (Lipinski definition) is 1. The summed E-state index contributed by atoms with van der Waals surface area (Å²) in [5.41, 5.74) is -1.77. The number of carbonyl (C=O) groups excluding carboxylic acids is 2. The number of benzene rings is 1. The number of halogens is 4. The number of rotatable bonds is 9. The highest BCUT2D eigenvalue weighted by Gasteiger charge is 2.46. The third-order valence-corrected chi connectivity index (χ3v) is 8.07. The number of carboxylic acid groups (broad SMARTS) is 1. The predicted molar refractivity (Wildman–Crippen MR) is 134 cm³/mol. The van der Waals surface area contributed by atoms with E-state index in [1.54, 1.807) is 24.3 Å². The molecule has 1 aliphatic rings. The Morgan fingerprint density at radius 2 is 1.64 bits per heavy atom. The van der Waals surface area contributed by atoms with E-state index in [9.17, 15) is 27.5 Å². The summed E-state index contributed by atoms with van der Waals surface area (Å²) in [7, 11) is 2.15. The molecule has 7 nitrogen and oxygen atoms in total. The van der Waals surface area contributed by atoms with Gasteiger partial charge in [-0.15, -0.1) is 22.7 Å². The number of esters is 1. The van der Waals surface area contributed by atoms with Gasteiger partial charge in [0.15, 0.2) is 6.10 Å². The number of likely N-dealkylation sites (tertiary alicyclic amines) is 1. The van der Waals surface area contributed by atoms with Crippen LogP contribution in [0.5, 0.6) is 5.75 Å². The Labute approximate surface area is 230 Å². The topological polar surface area (TPSA) is 95.9 Å². The van der Waals surface area contributed by atoms with Crippen LogP contribution in [-0.4, -0.2) is 67.1 Å². The maximum atomic E-state index is 13.2. The highest BCUT2D eigenvalue weighted by molar-refractivity contribution is 7.12. The third-order valence-electron chi connectivity index (χ3n) is 6.12. The zero-order valence-electron chi connectivity index (χ0n) is 20.9. The zero-order chi connectivity index (χ0) is 28.7. The van der Waals surface area contributed by atoms with E-state index >= 15 is 0 Å². The molecule has 4 rings (SSSR count). The minimum atomic E-state index is -5.19. The van der Waals surface area contributed by atoms with Gasteiger partial charge in [0.25, 0.3) is 0 Å². The average molecular weight is 590 g/mol. The molecule has 1 aliphatic heterocycles. The van der Waals surface area contributed by atoms with Crippen molar-refractivity contribution in [1.29, 1.82) is 0 Å². The van der Waals surface area contributed by atoms with Gasteiger partial charge in [-0.3, -0.25) is 0 Å². The molecule has 212 valence electrons. The molecule has 0 spiro atoms. The molecular weight excluding hydrogens is 562 g/mol. The minimum absolute atomic E-state index is 0.239. The van der Waals surface area contributed by atoms with Gasteiger partial charge >= 0.3 is 12.1 Å². The minimum Gasteiger partial charge on any atom is -0.542 e. The molecule has 0 radical (unpaired) electrons. The van der Waals surface area contributed by atoms with Crippen molar-refractivity contribution in [3.05, 3.63) is 74.9 Å². The van der Waals surface area contributed by atoms with Gasteiger partial charge in [-0.25, -0.2) is 9.18 Å². The molecule has 2 unspecified atom stereocenters. The van der Waals surface area contributed by atoms with E-state index in [0.717, 1.165) is 30.4 Å². The molecule has 0 saturated carbocycles. The van der Waals surface area contributed by atoms with Crippen LogP contribution in [0.25, 0.3) is 0 Å². The van der Waals surface area contributed by atoms with Crippen LogP contribution in [0, 0.1) is 5.82 Å². The van der Waals surface area contributed by atoms with Gasteiger partial charge in [0, 0.05) is 12.8 Å². The molecule has 13 heteroatoms. The number of carbonyl (C=O) groups is 2. The lowest BCUT2D eigenvalue weighted by atomic mass is 10.00. The van der Waals surface area contributed by atoms with Crippen LogP contribution in [0.2, 0.25) is 0 Å². The van der Waals surface area contributed by atoms with E-state index in [1.165, 1.54) is 34.8 Å². The van der Waals surface area contributed by atoms with Crippen LogP contribution < -0.4 is 9.84 Å². The normalized spacial score (nSPS) is 19.2. The number of thiophene rings is 2. The summed E-state index contributed by atoms with van der Waals surface area (Å²) in [4.78, 5) is 23.1. The Morgan fingerprint density at radius 3 is 2.13 bits per heavy atom. The molecule has 0 aliphatic carbocycles. The first kappa shape index (κ1) is 30.5. The number of aliphatic carboxylic acids is 1. The molecule has 0 amide bonds. The van der Waals surface area contributed by atoms with Crippen LogP contribution in [-0.2, 0) is 19.9 Å². The van der Waals surface area contributed by atoms with Crippen molar-refractivity contribution < 1.29 is 51.3 Å². The highest BCUT2D eigenvalue weighted by Crippen LogP contribution is 2.37. The summed E-state index contributed by atoms with van der Waals surface area (Å²) in [6.07, 6.45) is -3.84. The maximum Gasteiger partial charge on any atom is 0.430 e. The molecule has 1 saturated heterocycles. The number of alkyl halides is 3. The fourth-order valence-electron chi connectivity index (χ4n) is 4.12. The highest BCUT2D eigenvalue weighted by atomic mass is 32.1. The first-order valence-corrected chi connectivity index (χ1v) is 13.6. The quantitative estimate of drug-likeness (QED) is 0.177. The second kappa shape index (κ2) is 12.9. The zero-order valence-corrected chi connectivity index (χ0v) is 22.5. The Balaban J connectivity index is 0.000000532. The number of nitrogens with zero attached hydrogens (tertiary/aromatic N) is 1. The van der Waals surface area contributed by atoms with Crippen molar-refractivity contribution in [2.45, 2.75) is 30.7 Å². The van der Waals surface area contributed by atoms with E-state index in [4.69, 9.17) is 19.4 Å². The smallest absolute Gasteiger partial charge is 0.430 e. The van der Waals surface area contributed by atoms with Gasteiger partial charge < -0.3 is 29.0 Å². The molecule has 3 aromatic rings. The van der Waals surface area contributed by atoms with Crippen molar-refractivity contribution in [3.8, 4) is 5.75 Å². The summed E-state index contributed by atoms with van der Waals surface area (Å²) < 4.78 is 56.8. The maximum absolute atomic E-state index is 13.2. The molecule has 39 heavy (non-hydrogen) atoms. The number of ether oxygens (including phenoxy) is 2. The Bertz CT molecular complexity index is 1170. The van der Waals surface area contributed by atoms with Crippen LogP contribution in [0.3, 0.4) is 0 Å². The van der Waals surface area contributed by atoms with Gasteiger partial charge in [0.05, 0.1) is 36.5 Å². The van der Waals surface area contributed by atoms with Crippen molar-refractivity contribution in [2.75, 3.05) is 33.3 Å². The van der Waals surface area contributed by atoms with Crippen LogP contribution >= 0.6 is 22.7 Å². The van der Waals surface area contributed by atoms with Gasteiger partial charge in [0.1, 0.15) is 24.1 Å². The standard InChI is InChI=1S/C24H27FNO4S2.C2HF3O2/c1-26(12-4-14-29-19-9-7-18(25)8-10-19)13-11-20(17-26)30-23(27)24(28,21-5-2-15-31-21)22-6-3-16-32-22;3-2(4,5)1(6)7/h2-3,5-10,15-16,20,28H,4,11-14,17H2,1H3;(H,6,7)/q+1;/p-1. The van der Waals surface area contributed by atoms with Crippen LogP contribution in [0.4, 0.5) is 17.6 Å². The summed E-state index contributed by atoms with van der Waals surface area (Å²) >= 11 is 2.69. The summed E-state index contributed by atoms with van der Waals surface area (Å²) in [5.74, 6) is -3.24. The van der Waals surface area contributed by atoms with Crippen molar-refractivity contribution in [1.82, 2.24) is 0 Å². The van der Waals surface area contributed by atoms with Crippen molar-refractivity contribution >= 4 is 34.6 Å². The number of likely N-dealkylation sites (N-methyl/N-ethyl adjacent to an activating group) is 1. The number of aliphatic hydroxyl groups is 1. The average Bonchev–Trinajstić information content (AvgIpc) is 3.66. The van der Waals surface area contributed by atoms with Gasteiger partial charge in [-0.05, 0) is 47.2 Å². The van der Waals surface area contributed by atoms with Crippen molar-refractivity contribution in [3.63, 3.8) is 0 Å².